The third-order valence-electron chi connectivity index (χ3n) is 1.83. The van der Waals surface area contributed by atoms with Crippen molar-refractivity contribution in [1.82, 2.24) is 10.3 Å². The minimum Gasteiger partial charge on any atom is -0.314 e. The third-order valence-corrected chi connectivity index (χ3v) is 2.63. The van der Waals surface area contributed by atoms with E-state index in [-0.39, 0.29) is 0 Å². The number of nitrogens with one attached hydrogen (secondary N) is 1. The standard InChI is InChI=1S/C11H18N2S/c1-10(2)13-7-5-3-4-6-11-8-12-9-14-11/h3-4,8-10,13H,5-7H2,1-2H3/b4-3+. The van der Waals surface area contributed by atoms with Gasteiger partial charge in [0.15, 0.2) is 0 Å². The van der Waals surface area contributed by atoms with Gasteiger partial charge in [-0.15, -0.1) is 11.3 Å². The topological polar surface area (TPSA) is 24.9 Å². The van der Waals surface area contributed by atoms with Crippen LogP contribution < -0.4 is 5.32 Å². The average Bonchev–Trinajstić information content (AvgIpc) is 2.63. The van der Waals surface area contributed by atoms with Gasteiger partial charge in [0.2, 0.25) is 0 Å². The highest BCUT2D eigenvalue weighted by Gasteiger charge is 1.90. The van der Waals surface area contributed by atoms with Crippen LogP contribution >= 0.6 is 11.3 Å². The number of nitrogens with zero attached hydrogens (tertiary/aromatic N) is 1. The van der Waals surface area contributed by atoms with E-state index in [4.69, 9.17) is 0 Å². The third kappa shape index (κ3) is 5.14. The summed E-state index contributed by atoms with van der Waals surface area (Å²) in [5.41, 5.74) is 1.88. The molecule has 14 heavy (non-hydrogen) atoms. The second kappa shape index (κ2) is 6.74. The van der Waals surface area contributed by atoms with Crippen LogP contribution in [0, 0.1) is 0 Å². The molecule has 0 aliphatic heterocycles. The molecule has 0 atom stereocenters. The molecular formula is C11H18N2S. The fraction of sp³-hybridized carbons (Fsp3) is 0.545. The summed E-state index contributed by atoms with van der Waals surface area (Å²) >= 11 is 1.71. The summed E-state index contributed by atoms with van der Waals surface area (Å²) in [7, 11) is 0. The van der Waals surface area contributed by atoms with Crippen molar-refractivity contribution in [1.29, 1.82) is 0 Å². The van der Waals surface area contributed by atoms with Gasteiger partial charge in [-0.2, -0.15) is 0 Å². The van der Waals surface area contributed by atoms with Gasteiger partial charge < -0.3 is 5.32 Å². The monoisotopic (exact) mass is 210 g/mol. The molecule has 1 N–H and O–H groups in total. The summed E-state index contributed by atoms with van der Waals surface area (Å²) in [6.45, 7) is 5.40. The highest BCUT2D eigenvalue weighted by Crippen LogP contribution is 2.06. The Labute approximate surface area is 90.1 Å². The van der Waals surface area contributed by atoms with E-state index in [2.05, 4.69) is 36.3 Å². The van der Waals surface area contributed by atoms with Crippen molar-refractivity contribution in [2.75, 3.05) is 6.54 Å². The Hall–Kier alpha value is -0.670. The van der Waals surface area contributed by atoms with E-state index in [1.165, 1.54) is 4.88 Å². The fourth-order valence-electron chi connectivity index (χ4n) is 1.12. The maximum atomic E-state index is 4.03. The molecule has 1 heterocycles. The molecule has 0 aromatic carbocycles. The smallest absolute Gasteiger partial charge is 0.0794 e. The molecule has 0 saturated carbocycles. The molecule has 0 spiro atoms. The van der Waals surface area contributed by atoms with Crippen molar-refractivity contribution in [3.8, 4) is 0 Å². The molecule has 0 amide bonds. The zero-order valence-electron chi connectivity index (χ0n) is 8.86. The first-order valence-corrected chi connectivity index (χ1v) is 5.92. The fourth-order valence-corrected chi connectivity index (χ4v) is 1.69. The van der Waals surface area contributed by atoms with Gasteiger partial charge >= 0.3 is 0 Å². The summed E-state index contributed by atoms with van der Waals surface area (Å²) in [6.07, 6.45) is 8.51. The lowest BCUT2D eigenvalue weighted by molar-refractivity contribution is 0.594. The number of hydrogen-bond acceptors (Lipinski definition) is 3. The largest absolute Gasteiger partial charge is 0.314 e. The Morgan fingerprint density at radius 3 is 3.00 bits per heavy atom. The SMILES string of the molecule is CC(C)NCC/C=C/Cc1cncs1. The van der Waals surface area contributed by atoms with Crippen molar-refractivity contribution in [3.63, 3.8) is 0 Å². The van der Waals surface area contributed by atoms with Gasteiger partial charge in [0.1, 0.15) is 0 Å². The lowest BCUT2D eigenvalue weighted by Crippen LogP contribution is -2.23. The lowest BCUT2D eigenvalue weighted by Gasteiger charge is -2.04. The van der Waals surface area contributed by atoms with E-state index >= 15 is 0 Å². The number of hydrogen-bond donors (Lipinski definition) is 1. The van der Waals surface area contributed by atoms with E-state index in [1.807, 2.05) is 11.7 Å². The lowest BCUT2D eigenvalue weighted by atomic mass is 10.3. The summed E-state index contributed by atoms with van der Waals surface area (Å²) in [5, 5.41) is 3.38. The molecule has 0 unspecified atom stereocenters. The molecule has 1 aromatic heterocycles. The van der Waals surface area contributed by atoms with E-state index in [0.717, 1.165) is 19.4 Å². The predicted octanol–water partition coefficient (Wildman–Crippen LogP) is 2.63. The molecule has 78 valence electrons. The van der Waals surface area contributed by atoms with E-state index in [1.54, 1.807) is 11.3 Å². The van der Waals surface area contributed by atoms with Crippen molar-refractivity contribution < 1.29 is 0 Å². The van der Waals surface area contributed by atoms with Gasteiger partial charge in [-0.05, 0) is 13.0 Å². The van der Waals surface area contributed by atoms with Crippen LogP contribution in [0.4, 0.5) is 0 Å². The average molecular weight is 210 g/mol. The second-order valence-corrected chi connectivity index (χ2v) is 4.51. The van der Waals surface area contributed by atoms with Crippen molar-refractivity contribution in [2.45, 2.75) is 32.7 Å². The molecular weight excluding hydrogens is 192 g/mol. The van der Waals surface area contributed by atoms with Crippen LogP contribution in [0.2, 0.25) is 0 Å². The van der Waals surface area contributed by atoms with Crippen LogP contribution in [0.3, 0.4) is 0 Å². The Bertz CT molecular complexity index is 252. The molecule has 0 aliphatic rings. The minimum absolute atomic E-state index is 0.588. The van der Waals surface area contributed by atoms with E-state index in [9.17, 15) is 0 Å². The first-order chi connectivity index (χ1) is 6.79. The first-order valence-electron chi connectivity index (χ1n) is 5.05. The quantitative estimate of drug-likeness (QED) is 0.577. The molecule has 0 radical (unpaired) electrons. The van der Waals surface area contributed by atoms with Crippen LogP contribution in [-0.4, -0.2) is 17.6 Å². The Morgan fingerprint density at radius 1 is 1.50 bits per heavy atom. The summed E-state index contributed by atoms with van der Waals surface area (Å²) < 4.78 is 0. The van der Waals surface area contributed by atoms with Crippen LogP contribution in [0.5, 0.6) is 0 Å². The number of rotatable bonds is 6. The zero-order valence-corrected chi connectivity index (χ0v) is 9.68. The summed E-state index contributed by atoms with van der Waals surface area (Å²) in [6, 6.07) is 0.588. The van der Waals surface area contributed by atoms with Gasteiger partial charge in [-0.1, -0.05) is 26.0 Å². The van der Waals surface area contributed by atoms with Crippen LogP contribution in [0.15, 0.2) is 23.9 Å². The van der Waals surface area contributed by atoms with Crippen LogP contribution in [0.25, 0.3) is 0 Å². The van der Waals surface area contributed by atoms with Gasteiger partial charge in [0, 0.05) is 23.5 Å². The van der Waals surface area contributed by atoms with Crippen LogP contribution in [-0.2, 0) is 6.42 Å². The number of thiazole rings is 1. The maximum Gasteiger partial charge on any atom is 0.0794 e. The molecule has 0 aliphatic carbocycles. The summed E-state index contributed by atoms with van der Waals surface area (Å²) in [4.78, 5) is 5.36. The molecule has 0 saturated heterocycles. The molecule has 1 rings (SSSR count). The Balaban J connectivity index is 2.04. The summed E-state index contributed by atoms with van der Waals surface area (Å²) in [5.74, 6) is 0. The van der Waals surface area contributed by atoms with Crippen molar-refractivity contribution in [3.05, 3.63) is 28.7 Å². The normalized spacial score (nSPS) is 11.6. The van der Waals surface area contributed by atoms with Gasteiger partial charge in [-0.25, -0.2) is 0 Å². The second-order valence-electron chi connectivity index (χ2n) is 3.54. The molecule has 1 aromatic rings. The molecule has 0 bridgehead atoms. The van der Waals surface area contributed by atoms with Gasteiger partial charge in [-0.3, -0.25) is 4.98 Å². The van der Waals surface area contributed by atoms with Crippen molar-refractivity contribution >= 4 is 11.3 Å². The minimum atomic E-state index is 0.588. The predicted molar refractivity (Wildman–Crippen MR) is 62.7 cm³/mol. The van der Waals surface area contributed by atoms with Gasteiger partial charge in [0.25, 0.3) is 0 Å². The molecule has 2 nitrogen and oxygen atoms in total. The van der Waals surface area contributed by atoms with Gasteiger partial charge in [0.05, 0.1) is 5.51 Å². The molecule has 3 heteroatoms. The van der Waals surface area contributed by atoms with E-state index in [0.29, 0.717) is 6.04 Å². The Kier molecular flexibility index (Phi) is 5.49. The van der Waals surface area contributed by atoms with Crippen molar-refractivity contribution in [2.24, 2.45) is 0 Å². The number of allylic oxidation sites excluding steroid dienone is 1. The Morgan fingerprint density at radius 2 is 2.36 bits per heavy atom. The number of aromatic nitrogens is 1. The highest BCUT2D eigenvalue weighted by molar-refractivity contribution is 7.09. The first kappa shape index (κ1) is 11.4. The zero-order chi connectivity index (χ0) is 10.2. The molecule has 0 fully saturated rings. The van der Waals surface area contributed by atoms with E-state index < -0.39 is 0 Å². The maximum absolute atomic E-state index is 4.03. The highest BCUT2D eigenvalue weighted by atomic mass is 32.1. The van der Waals surface area contributed by atoms with Crippen LogP contribution in [0.1, 0.15) is 25.1 Å².